The fraction of sp³-hybridized carbons (Fsp3) is 0.333. The van der Waals surface area contributed by atoms with Crippen LogP contribution in [0.15, 0.2) is 48.5 Å². The molecule has 0 saturated carbocycles. The molecule has 0 aliphatic heterocycles. The van der Waals surface area contributed by atoms with Crippen LogP contribution >= 0.6 is 0 Å². The molecular formula is C21H25NO2. The van der Waals surface area contributed by atoms with Gasteiger partial charge < -0.3 is 15.5 Å². The monoisotopic (exact) mass is 323 g/mol. The summed E-state index contributed by atoms with van der Waals surface area (Å²) in [6.07, 6.45) is 1.00. The van der Waals surface area contributed by atoms with Crippen LogP contribution < -0.4 is 5.32 Å². The number of hydrogen-bond acceptors (Lipinski definition) is 3. The van der Waals surface area contributed by atoms with Crippen LogP contribution in [0.4, 0.5) is 0 Å². The molecule has 3 N–H and O–H groups in total. The van der Waals surface area contributed by atoms with Gasteiger partial charge in [-0.25, -0.2) is 0 Å². The Balaban J connectivity index is 2.16. The highest BCUT2D eigenvalue weighted by atomic mass is 16.3. The third kappa shape index (κ3) is 3.16. The van der Waals surface area contributed by atoms with Crippen molar-refractivity contribution >= 4 is 21.5 Å². The first kappa shape index (κ1) is 16.9. The highest BCUT2D eigenvalue weighted by Crippen LogP contribution is 2.29. The molecule has 126 valence electrons. The van der Waals surface area contributed by atoms with Gasteiger partial charge in [0.2, 0.25) is 0 Å². The lowest BCUT2D eigenvalue weighted by Gasteiger charge is -2.27. The van der Waals surface area contributed by atoms with Crippen molar-refractivity contribution in [1.82, 2.24) is 5.32 Å². The third-order valence-electron chi connectivity index (χ3n) is 4.84. The highest BCUT2D eigenvalue weighted by Gasteiger charge is 2.22. The van der Waals surface area contributed by atoms with E-state index in [1.54, 1.807) is 0 Å². The van der Waals surface area contributed by atoms with Gasteiger partial charge in [0, 0.05) is 6.54 Å². The number of hydrogen-bond donors (Lipinski definition) is 3. The van der Waals surface area contributed by atoms with Gasteiger partial charge >= 0.3 is 0 Å². The van der Waals surface area contributed by atoms with Crippen molar-refractivity contribution in [2.45, 2.75) is 32.4 Å². The number of aliphatic hydroxyl groups is 2. The summed E-state index contributed by atoms with van der Waals surface area (Å²) in [5, 5.41) is 27.3. The van der Waals surface area contributed by atoms with Crippen molar-refractivity contribution in [3.63, 3.8) is 0 Å². The van der Waals surface area contributed by atoms with Crippen LogP contribution in [0.3, 0.4) is 0 Å². The summed E-state index contributed by atoms with van der Waals surface area (Å²) in [5.74, 6) is 0. The largest absolute Gasteiger partial charge is 0.394 e. The van der Waals surface area contributed by atoms with Gasteiger partial charge in [-0.15, -0.1) is 0 Å². The van der Waals surface area contributed by atoms with Crippen LogP contribution in [0, 0.1) is 0 Å². The van der Waals surface area contributed by atoms with E-state index in [0.29, 0.717) is 6.54 Å². The van der Waals surface area contributed by atoms with Crippen molar-refractivity contribution < 1.29 is 10.2 Å². The first-order chi connectivity index (χ1) is 11.6. The number of aryl methyl sites for hydroxylation is 1. The number of nitrogens with one attached hydrogen (secondary N) is 1. The summed E-state index contributed by atoms with van der Waals surface area (Å²) < 4.78 is 0. The van der Waals surface area contributed by atoms with E-state index in [-0.39, 0.29) is 13.2 Å². The van der Waals surface area contributed by atoms with Gasteiger partial charge in [0.25, 0.3) is 0 Å². The first-order valence-electron chi connectivity index (χ1n) is 8.50. The smallest absolute Gasteiger partial charge is 0.0633 e. The lowest BCUT2D eigenvalue weighted by atomic mass is 9.94. The fourth-order valence-electron chi connectivity index (χ4n) is 3.07. The summed E-state index contributed by atoms with van der Waals surface area (Å²) >= 11 is 0. The van der Waals surface area contributed by atoms with Crippen LogP contribution in [0.2, 0.25) is 0 Å². The van der Waals surface area contributed by atoms with Gasteiger partial charge in [-0.05, 0) is 52.1 Å². The zero-order chi connectivity index (χ0) is 17.2. The van der Waals surface area contributed by atoms with E-state index in [9.17, 15) is 10.2 Å². The highest BCUT2D eigenvalue weighted by molar-refractivity contribution is 6.02. The molecular weight excluding hydrogens is 298 g/mol. The predicted molar refractivity (Wildman–Crippen MR) is 100 cm³/mol. The zero-order valence-corrected chi connectivity index (χ0v) is 14.3. The standard InChI is InChI=1S/C21H25NO2/c1-3-15-8-9-17-11-16-6-4-5-7-18(16)20(19(17)10-15)12-22-21(2,13-23)14-24/h4-11,22-24H,3,12-14H2,1-2H3. The Kier molecular flexibility index (Phi) is 4.86. The van der Waals surface area contributed by atoms with Gasteiger partial charge in [-0.2, -0.15) is 0 Å². The summed E-state index contributed by atoms with van der Waals surface area (Å²) in [5.41, 5.74) is 1.84. The molecule has 0 spiro atoms. The van der Waals surface area contributed by atoms with Gasteiger partial charge in [-0.3, -0.25) is 0 Å². The third-order valence-corrected chi connectivity index (χ3v) is 4.84. The van der Waals surface area contributed by atoms with E-state index in [1.807, 2.05) is 6.92 Å². The van der Waals surface area contributed by atoms with Crippen LogP contribution in [-0.2, 0) is 13.0 Å². The molecule has 0 radical (unpaired) electrons. The quantitative estimate of drug-likeness (QED) is 0.610. The average molecular weight is 323 g/mol. The van der Waals surface area contributed by atoms with Gasteiger partial charge in [-0.1, -0.05) is 49.4 Å². The Morgan fingerprint density at radius 3 is 2.33 bits per heavy atom. The molecule has 0 aliphatic rings. The number of fused-ring (bicyclic) bond motifs is 2. The maximum Gasteiger partial charge on any atom is 0.0633 e. The van der Waals surface area contributed by atoms with Crippen molar-refractivity contribution in [2.24, 2.45) is 0 Å². The topological polar surface area (TPSA) is 52.5 Å². The van der Waals surface area contributed by atoms with Gasteiger partial charge in [0.1, 0.15) is 0 Å². The van der Waals surface area contributed by atoms with E-state index in [0.717, 1.165) is 6.42 Å². The lowest BCUT2D eigenvalue weighted by molar-refractivity contribution is 0.103. The van der Waals surface area contributed by atoms with Crippen molar-refractivity contribution in [1.29, 1.82) is 0 Å². The van der Waals surface area contributed by atoms with Crippen molar-refractivity contribution in [3.8, 4) is 0 Å². The Morgan fingerprint density at radius 2 is 1.62 bits per heavy atom. The maximum absolute atomic E-state index is 9.55. The molecule has 0 heterocycles. The Hall–Kier alpha value is -1.94. The Bertz CT molecular complexity index is 853. The van der Waals surface area contributed by atoms with Crippen LogP contribution in [0.5, 0.6) is 0 Å². The van der Waals surface area contributed by atoms with E-state index in [2.05, 4.69) is 60.8 Å². The lowest BCUT2D eigenvalue weighted by Crippen LogP contribution is -2.48. The summed E-state index contributed by atoms with van der Waals surface area (Å²) in [7, 11) is 0. The zero-order valence-electron chi connectivity index (χ0n) is 14.3. The van der Waals surface area contributed by atoms with Crippen LogP contribution in [0.1, 0.15) is 25.0 Å². The normalized spacial score (nSPS) is 12.2. The molecule has 0 bridgehead atoms. The van der Waals surface area contributed by atoms with E-state index < -0.39 is 5.54 Å². The predicted octanol–water partition coefficient (Wildman–Crippen LogP) is 3.39. The van der Waals surface area contributed by atoms with E-state index in [4.69, 9.17) is 0 Å². The minimum Gasteiger partial charge on any atom is -0.394 e. The fourth-order valence-corrected chi connectivity index (χ4v) is 3.07. The van der Waals surface area contributed by atoms with Gasteiger partial charge in [0.15, 0.2) is 0 Å². The minimum absolute atomic E-state index is 0.105. The maximum atomic E-state index is 9.55. The van der Waals surface area contributed by atoms with Crippen molar-refractivity contribution in [3.05, 3.63) is 59.7 Å². The molecule has 24 heavy (non-hydrogen) atoms. The first-order valence-corrected chi connectivity index (χ1v) is 8.50. The molecule has 3 aromatic rings. The summed E-state index contributed by atoms with van der Waals surface area (Å²) in [4.78, 5) is 0. The number of benzene rings is 3. The molecule has 0 saturated heterocycles. The Labute approximate surface area is 142 Å². The van der Waals surface area contributed by atoms with Crippen molar-refractivity contribution in [2.75, 3.05) is 13.2 Å². The molecule has 0 aromatic heterocycles. The SMILES string of the molecule is CCc1ccc2cc3ccccc3c(CNC(C)(CO)CO)c2c1. The summed E-state index contributed by atoms with van der Waals surface area (Å²) in [6.45, 7) is 4.38. The second kappa shape index (κ2) is 6.89. The second-order valence-electron chi connectivity index (χ2n) is 6.72. The Morgan fingerprint density at radius 1 is 0.917 bits per heavy atom. The molecule has 0 amide bonds. The molecule has 0 unspecified atom stereocenters. The molecule has 0 atom stereocenters. The molecule has 3 nitrogen and oxygen atoms in total. The van der Waals surface area contributed by atoms with E-state index >= 15 is 0 Å². The average Bonchev–Trinajstić information content (AvgIpc) is 2.64. The van der Waals surface area contributed by atoms with Crippen LogP contribution in [-0.4, -0.2) is 29.0 Å². The number of rotatable bonds is 6. The molecule has 3 heteroatoms. The minimum atomic E-state index is -0.689. The molecule has 0 aliphatic carbocycles. The molecule has 3 rings (SSSR count). The number of aliphatic hydroxyl groups excluding tert-OH is 2. The van der Waals surface area contributed by atoms with E-state index in [1.165, 1.54) is 32.7 Å². The summed E-state index contributed by atoms with van der Waals surface area (Å²) in [6, 6.07) is 17.2. The molecule has 0 fully saturated rings. The van der Waals surface area contributed by atoms with Gasteiger partial charge in [0.05, 0.1) is 18.8 Å². The van der Waals surface area contributed by atoms with Crippen LogP contribution in [0.25, 0.3) is 21.5 Å². The molecule has 3 aromatic carbocycles. The second-order valence-corrected chi connectivity index (χ2v) is 6.72.